The summed E-state index contributed by atoms with van der Waals surface area (Å²) >= 11 is 0. The number of hydrogen-bond acceptors (Lipinski definition) is 6. The van der Waals surface area contributed by atoms with E-state index in [9.17, 15) is 9.59 Å². The molecule has 1 aromatic heterocycles. The molecule has 8 nitrogen and oxygen atoms in total. The zero-order valence-corrected chi connectivity index (χ0v) is 19.0. The number of carbonyl (C=O) groups is 2. The zero-order valence-electron chi connectivity index (χ0n) is 19.0. The average molecular weight is 472 g/mol. The third-order valence-electron chi connectivity index (χ3n) is 4.98. The topological polar surface area (TPSA) is 93.9 Å². The second-order valence-corrected chi connectivity index (χ2v) is 7.68. The molecule has 35 heavy (non-hydrogen) atoms. The van der Waals surface area contributed by atoms with E-state index in [1.165, 1.54) is 6.20 Å². The number of carbonyl (C=O) groups excluding carboxylic acids is 2. The van der Waals surface area contributed by atoms with Crippen LogP contribution in [-0.2, 0) is 35.7 Å². The van der Waals surface area contributed by atoms with Gasteiger partial charge in [0.25, 0.3) is 0 Å². The number of rotatable bonds is 8. The lowest BCUT2D eigenvalue weighted by Crippen LogP contribution is -2.46. The van der Waals surface area contributed by atoms with Gasteiger partial charge in [0.05, 0.1) is 6.20 Å². The second-order valence-electron chi connectivity index (χ2n) is 7.68. The van der Waals surface area contributed by atoms with Crippen LogP contribution in [0.4, 0.5) is 9.59 Å². The Morgan fingerprint density at radius 3 is 1.91 bits per heavy atom. The van der Waals surface area contributed by atoms with E-state index in [2.05, 4.69) is 10.4 Å². The van der Waals surface area contributed by atoms with Crippen LogP contribution in [0.15, 0.2) is 102 Å². The van der Waals surface area contributed by atoms with Crippen LogP contribution in [0, 0.1) is 0 Å². The molecule has 0 aliphatic rings. The summed E-state index contributed by atoms with van der Waals surface area (Å²) in [6.07, 6.45) is 0.472. The van der Waals surface area contributed by atoms with Crippen molar-refractivity contribution in [3.63, 3.8) is 0 Å². The van der Waals surface area contributed by atoms with E-state index >= 15 is 0 Å². The van der Waals surface area contributed by atoms with Crippen LogP contribution < -0.4 is 5.43 Å². The van der Waals surface area contributed by atoms with Crippen molar-refractivity contribution in [2.45, 2.75) is 26.2 Å². The first-order valence-electron chi connectivity index (χ1n) is 11.1. The number of hydrogen-bond donors (Lipinski definition) is 1. The Bertz CT molecular complexity index is 1210. The average Bonchev–Trinajstić information content (AvgIpc) is 3.34. The highest BCUT2D eigenvalue weighted by Crippen LogP contribution is 2.13. The quantitative estimate of drug-likeness (QED) is 0.353. The minimum atomic E-state index is -0.797. The van der Waals surface area contributed by atoms with Crippen molar-refractivity contribution in [3.8, 4) is 0 Å². The van der Waals surface area contributed by atoms with Crippen LogP contribution in [0.5, 0.6) is 0 Å². The zero-order chi connectivity index (χ0) is 24.3. The lowest BCUT2D eigenvalue weighted by atomic mass is 10.2. The Labute approximate surface area is 203 Å². The second kappa shape index (κ2) is 12.0. The van der Waals surface area contributed by atoms with Gasteiger partial charge < -0.3 is 13.9 Å². The van der Waals surface area contributed by atoms with E-state index in [0.29, 0.717) is 18.1 Å². The SMILES string of the molecule is O=C(NN(Cc1cnc(Cc2ccccc2)o1)C(=O)OCc1ccccc1)OCc1ccccc1. The molecule has 178 valence electrons. The standard InChI is InChI=1S/C27H25N3O5/c31-26(33-19-22-12-6-2-7-13-22)29-30(27(32)34-20-23-14-8-3-9-15-23)18-24-17-28-25(35-24)16-21-10-4-1-5-11-21/h1-15,17H,16,18-20H2,(H,29,31). The van der Waals surface area contributed by atoms with E-state index in [-0.39, 0.29) is 19.8 Å². The van der Waals surface area contributed by atoms with Gasteiger partial charge in [-0.2, -0.15) is 0 Å². The molecule has 0 aliphatic carbocycles. The van der Waals surface area contributed by atoms with Crippen LogP contribution >= 0.6 is 0 Å². The van der Waals surface area contributed by atoms with E-state index in [1.807, 2.05) is 91.0 Å². The molecule has 0 bridgehead atoms. The van der Waals surface area contributed by atoms with Gasteiger partial charge in [0.2, 0.25) is 0 Å². The molecule has 0 aliphatic heterocycles. The minimum absolute atomic E-state index is 0.0482. The molecule has 0 radical (unpaired) electrons. The van der Waals surface area contributed by atoms with Gasteiger partial charge in [-0.25, -0.2) is 25.0 Å². The molecule has 0 saturated heterocycles. The predicted octanol–water partition coefficient (Wildman–Crippen LogP) is 5.25. The van der Waals surface area contributed by atoms with E-state index in [1.54, 1.807) is 0 Å². The van der Waals surface area contributed by atoms with Crippen molar-refractivity contribution in [2.75, 3.05) is 0 Å². The van der Waals surface area contributed by atoms with Crippen LogP contribution in [-0.4, -0.2) is 22.2 Å². The van der Waals surface area contributed by atoms with Gasteiger partial charge >= 0.3 is 12.2 Å². The molecule has 4 aromatic rings. The monoisotopic (exact) mass is 471 g/mol. The fourth-order valence-corrected chi connectivity index (χ4v) is 3.24. The maximum absolute atomic E-state index is 12.8. The van der Waals surface area contributed by atoms with Gasteiger partial charge in [-0.1, -0.05) is 91.0 Å². The van der Waals surface area contributed by atoms with Crippen molar-refractivity contribution in [1.82, 2.24) is 15.4 Å². The van der Waals surface area contributed by atoms with Gasteiger partial charge in [0.15, 0.2) is 5.89 Å². The van der Waals surface area contributed by atoms with Crippen molar-refractivity contribution >= 4 is 12.2 Å². The third-order valence-corrected chi connectivity index (χ3v) is 4.98. The van der Waals surface area contributed by atoms with Gasteiger partial charge in [0.1, 0.15) is 25.5 Å². The molecule has 0 fully saturated rings. The first-order chi connectivity index (χ1) is 17.2. The molecule has 0 spiro atoms. The summed E-state index contributed by atoms with van der Waals surface area (Å²) in [5.74, 6) is 0.881. The number of nitrogens with one attached hydrogen (secondary N) is 1. The normalized spacial score (nSPS) is 10.4. The van der Waals surface area contributed by atoms with E-state index in [4.69, 9.17) is 13.9 Å². The molecule has 8 heteroatoms. The Morgan fingerprint density at radius 1 is 0.771 bits per heavy atom. The summed E-state index contributed by atoms with van der Waals surface area (Å²) in [6.45, 7) is 0.0194. The highest BCUT2D eigenvalue weighted by Gasteiger charge is 2.21. The van der Waals surface area contributed by atoms with E-state index in [0.717, 1.165) is 21.7 Å². The molecule has 2 amide bonds. The number of hydrazine groups is 1. The predicted molar refractivity (Wildman–Crippen MR) is 128 cm³/mol. The molecular weight excluding hydrogens is 446 g/mol. The van der Waals surface area contributed by atoms with Gasteiger partial charge in [-0.3, -0.25) is 0 Å². The molecule has 1 N–H and O–H groups in total. The number of benzene rings is 3. The smallest absolute Gasteiger partial charge is 0.429 e. The first kappa shape index (κ1) is 23.6. The Kier molecular flexibility index (Phi) is 8.10. The van der Waals surface area contributed by atoms with Crippen LogP contribution in [0.2, 0.25) is 0 Å². The van der Waals surface area contributed by atoms with Crippen LogP contribution in [0.3, 0.4) is 0 Å². The number of oxazole rings is 1. The molecule has 0 atom stereocenters. The summed E-state index contributed by atoms with van der Waals surface area (Å²) in [4.78, 5) is 29.5. The lowest BCUT2D eigenvalue weighted by molar-refractivity contribution is 0.0586. The number of aromatic nitrogens is 1. The lowest BCUT2D eigenvalue weighted by Gasteiger charge is -2.21. The molecule has 3 aromatic carbocycles. The Morgan fingerprint density at radius 2 is 1.31 bits per heavy atom. The Balaban J connectivity index is 1.39. The highest BCUT2D eigenvalue weighted by atomic mass is 16.6. The fourth-order valence-electron chi connectivity index (χ4n) is 3.24. The molecule has 0 saturated carbocycles. The summed E-state index contributed by atoms with van der Waals surface area (Å²) in [5, 5.41) is 1.00. The maximum Gasteiger partial charge on any atom is 0.429 e. The molecular formula is C27H25N3O5. The summed E-state index contributed by atoms with van der Waals surface area (Å²) in [5.41, 5.74) is 5.12. The Hall–Kier alpha value is -4.59. The maximum atomic E-state index is 12.8. The summed E-state index contributed by atoms with van der Waals surface area (Å²) < 4.78 is 16.4. The van der Waals surface area contributed by atoms with Crippen molar-refractivity contribution < 1.29 is 23.5 Å². The first-order valence-corrected chi connectivity index (χ1v) is 11.1. The van der Waals surface area contributed by atoms with Crippen LogP contribution in [0.1, 0.15) is 28.3 Å². The van der Waals surface area contributed by atoms with Gasteiger partial charge in [0, 0.05) is 6.42 Å². The summed E-state index contributed by atoms with van der Waals surface area (Å²) in [7, 11) is 0. The van der Waals surface area contributed by atoms with Crippen molar-refractivity contribution in [3.05, 3.63) is 126 Å². The molecule has 4 rings (SSSR count). The van der Waals surface area contributed by atoms with Crippen LogP contribution in [0.25, 0.3) is 0 Å². The highest BCUT2D eigenvalue weighted by molar-refractivity contribution is 5.73. The van der Waals surface area contributed by atoms with Gasteiger partial charge in [-0.15, -0.1) is 0 Å². The molecule has 1 heterocycles. The van der Waals surface area contributed by atoms with E-state index < -0.39 is 12.2 Å². The molecule has 0 unspecified atom stereocenters. The van der Waals surface area contributed by atoms with Crippen molar-refractivity contribution in [2.24, 2.45) is 0 Å². The van der Waals surface area contributed by atoms with Crippen molar-refractivity contribution in [1.29, 1.82) is 0 Å². The largest absolute Gasteiger partial charge is 0.443 e. The van der Waals surface area contributed by atoms with Gasteiger partial charge in [-0.05, 0) is 16.7 Å². The number of ether oxygens (including phenoxy) is 2. The third kappa shape index (κ3) is 7.46. The minimum Gasteiger partial charge on any atom is -0.443 e. The number of nitrogens with zero attached hydrogens (tertiary/aromatic N) is 2. The summed E-state index contributed by atoms with van der Waals surface area (Å²) in [6, 6.07) is 28.3. The number of amides is 2. The fraction of sp³-hybridized carbons (Fsp3) is 0.148.